The Labute approximate surface area is 85.6 Å². The molecule has 1 N–H and O–H groups in total. The highest BCUT2D eigenvalue weighted by Crippen LogP contribution is 2.50. The predicted molar refractivity (Wildman–Crippen MR) is 45.2 cm³/mol. The molecule has 0 aromatic rings. The van der Waals surface area contributed by atoms with Gasteiger partial charge in [0, 0.05) is 0 Å². The summed E-state index contributed by atoms with van der Waals surface area (Å²) < 4.78 is 8.72. The fraction of sp³-hybridized carbons (Fsp3) is 0.667. The molecule has 1 atom stereocenters. The van der Waals surface area contributed by atoms with Crippen molar-refractivity contribution in [2.75, 3.05) is 0 Å². The van der Waals surface area contributed by atoms with Gasteiger partial charge in [0.05, 0.1) is 0 Å². The Kier molecular flexibility index (Phi) is 2.48. The minimum atomic E-state index is -2.05. The van der Waals surface area contributed by atoms with Crippen molar-refractivity contribution in [2.24, 2.45) is 0 Å². The standard InChI is InChI=1S/C3HCl4NO2S/c4-2(5)1(9)8-11(10)3(2,6)7/h(H,8,9). The number of carbonyl (C=O) groups excluding carboxylic acids is 1. The SMILES string of the molecule is O=C1N[S+]([O-])C(Cl)(Cl)C1(Cl)Cl. The molecule has 0 bridgehead atoms. The van der Waals surface area contributed by atoms with Gasteiger partial charge in [-0.3, -0.25) is 4.79 Å². The monoisotopic (exact) mass is 255 g/mol. The van der Waals surface area contributed by atoms with Crippen LogP contribution in [0.2, 0.25) is 0 Å². The average molecular weight is 257 g/mol. The Morgan fingerprint density at radius 2 is 1.82 bits per heavy atom. The molecule has 0 saturated carbocycles. The van der Waals surface area contributed by atoms with Crippen LogP contribution in [0, 0.1) is 0 Å². The van der Waals surface area contributed by atoms with Crippen LogP contribution in [0.25, 0.3) is 0 Å². The molecule has 0 radical (unpaired) electrons. The highest BCUT2D eigenvalue weighted by atomic mass is 35.5. The second kappa shape index (κ2) is 2.72. The van der Waals surface area contributed by atoms with Gasteiger partial charge in [-0.25, -0.2) is 0 Å². The van der Waals surface area contributed by atoms with E-state index >= 15 is 0 Å². The molecule has 0 spiro atoms. The second-order valence-electron chi connectivity index (χ2n) is 1.79. The zero-order valence-electron chi connectivity index (χ0n) is 4.74. The molecule has 0 aromatic heterocycles. The Hall–Kier alpha value is 0.940. The predicted octanol–water partition coefficient (Wildman–Crippen LogP) is 1.09. The van der Waals surface area contributed by atoms with E-state index in [1.54, 1.807) is 0 Å². The molecule has 8 heteroatoms. The van der Waals surface area contributed by atoms with Gasteiger partial charge in [-0.2, -0.15) is 4.72 Å². The van der Waals surface area contributed by atoms with E-state index in [1.807, 2.05) is 4.72 Å². The highest BCUT2D eigenvalue weighted by Gasteiger charge is 2.69. The lowest BCUT2D eigenvalue weighted by Gasteiger charge is -2.18. The van der Waals surface area contributed by atoms with Crippen LogP contribution in [0.15, 0.2) is 0 Å². The van der Waals surface area contributed by atoms with E-state index in [9.17, 15) is 9.35 Å². The first-order valence-electron chi connectivity index (χ1n) is 2.28. The molecular weight excluding hydrogens is 256 g/mol. The molecule has 1 aliphatic heterocycles. The van der Waals surface area contributed by atoms with Gasteiger partial charge in [0.15, 0.2) is 0 Å². The number of halogens is 4. The molecule has 1 saturated heterocycles. The zero-order chi connectivity index (χ0) is 8.86. The van der Waals surface area contributed by atoms with E-state index in [0.29, 0.717) is 0 Å². The van der Waals surface area contributed by atoms with E-state index in [0.717, 1.165) is 0 Å². The number of alkyl halides is 4. The van der Waals surface area contributed by atoms with Crippen LogP contribution in [0.3, 0.4) is 0 Å². The minimum Gasteiger partial charge on any atom is -0.590 e. The molecular formula is C3HCl4NO2S. The molecule has 0 aromatic carbocycles. The smallest absolute Gasteiger partial charge is 0.339 e. The van der Waals surface area contributed by atoms with Crippen molar-refractivity contribution in [1.29, 1.82) is 0 Å². The first-order valence-corrected chi connectivity index (χ1v) is 4.95. The van der Waals surface area contributed by atoms with Crippen molar-refractivity contribution in [3.63, 3.8) is 0 Å². The van der Waals surface area contributed by atoms with Crippen LogP contribution in [-0.4, -0.2) is 18.5 Å². The van der Waals surface area contributed by atoms with E-state index in [1.165, 1.54) is 0 Å². The largest absolute Gasteiger partial charge is 0.590 e. The fourth-order valence-electron chi connectivity index (χ4n) is 0.461. The van der Waals surface area contributed by atoms with Gasteiger partial charge in [-0.1, -0.05) is 23.2 Å². The number of hydrogen-bond acceptors (Lipinski definition) is 2. The van der Waals surface area contributed by atoms with Crippen molar-refractivity contribution in [3.8, 4) is 0 Å². The number of carbonyl (C=O) groups is 1. The van der Waals surface area contributed by atoms with Crippen LogP contribution in [-0.2, 0) is 16.2 Å². The van der Waals surface area contributed by atoms with Crippen LogP contribution >= 0.6 is 46.4 Å². The lowest BCUT2D eigenvalue weighted by Crippen LogP contribution is -2.38. The first kappa shape index (κ1) is 10.0. The van der Waals surface area contributed by atoms with Crippen LogP contribution in [0.5, 0.6) is 0 Å². The highest BCUT2D eigenvalue weighted by molar-refractivity contribution is 7.95. The number of nitrogens with one attached hydrogen (secondary N) is 1. The summed E-state index contributed by atoms with van der Waals surface area (Å²) in [6.45, 7) is 0. The Morgan fingerprint density at radius 3 is 1.91 bits per heavy atom. The summed E-state index contributed by atoms with van der Waals surface area (Å²) in [5.74, 6) is -0.857. The molecule has 1 unspecified atom stereocenters. The lowest BCUT2D eigenvalue weighted by atomic mass is 10.4. The summed E-state index contributed by atoms with van der Waals surface area (Å²) in [5, 5.41) is 0. The maximum atomic E-state index is 10.9. The van der Waals surface area contributed by atoms with Crippen molar-refractivity contribution in [1.82, 2.24) is 4.72 Å². The summed E-state index contributed by atoms with van der Waals surface area (Å²) in [7, 11) is 0. The average Bonchev–Trinajstić information content (AvgIpc) is 1.95. The van der Waals surface area contributed by atoms with Gasteiger partial charge in [0.25, 0.3) is 4.33 Å². The normalized spacial score (nSPS) is 33.5. The summed E-state index contributed by atoms with van der Waals surface area (Å²) in [5.41, 5.74) is 0. The molecule has 3 nitrogen and oxygen atoms in total. The van der Waals surface area contributed by atoms with Crippen LogP contribution < -0.4 is 4.72 Å². The Bertz CT molecular complexity index is 208. The van der Waals surface area contributed by atoms with Crippen molar-refractivity contribution in [3.05, 3.63) is 0 Å². The maximum Gasteiger partial charge on any atom is 0.339 e. The Morgan fingerprint density at radius 1 is 1.36 bits per heavy atom. The van der Waals surface area contributed by atoms with Gasteiger partial charge in [-0.05, 0) is 23.2 Å². The minimum absolute atomic E-state index is 0.857. The van der Waals surface area contributed by atoms with Gasteiger partial charge in [-0.15, -0.1) is 0 Å². The first-order chi connectivity index (χ1) is 4.80. The van der Waals surface area contributed by atoms with Crippen LogP contribution in [0.1, 0.15) is 0 Å². The summed E-state index contributed by atoms with van der Waals surface area (Å²) >= 11 is 19.7. The van der Waals surface area contributed by atoms with Gasteiger partial charge < -0.3 is 4.55 Å². The molecule has 1 fully saturated rings. The number of rotatable bonds is 0. The molecule has 1 heterocycles. The summed E-state index contributed by atoms with van der Waals surface area (Å²) in [6, 6.07) is 0. The molecule has 1 rings (SSSR count). The molecule has 64 valence electrons. The van der Waals surface area contributed by atoms with Gasteiger partial charge in [0.2, 0.25) is 0 Å². The Balaban J connectivity index is 3.04. The van der Waals surface area contributed by atoms with E-state index in [4.69, 9.17) is 46.4 Å². The van der Waals surface area contributed by atoms with Crippen molar-refractivity contribution < 1.29 is 9.35 Å². The molecule has 1 aliphatic rings. The van der Waals surface area contributed by atoms with Crippen molar-refractivity contribution in [2.45, 2.75) is 8.00 Å². The maximum absolute atomic E-state index is 10.9. The number of amides is 1. The number of hydrogen-bond donors (Lipinski definition) is 1. The topological polar surface area (TPSA) is 52.2 Å². The van der Waals surface area contributed by atoms with E-state index in [-0.39, 0.29) is 0 Å². The van der Waals surface area contributed by atoms with Crippen LogP contribution in [0.4, 0.5) is 0 Å². The fourth-order valence-corrected chi connectivity index (χ4v) is 2.27. The van der Waals surface area contributed by atoms with Crippen molar-refractivity contribution >= 4 is 63.7 Å². The summed E-state index contributed by atoms with van der Waals surface area (Å²) in [4.78, 5) is 10.8. The van der Waals surface area contributed by atoms with Gasteiger partial charge >= 0.3 is 9.57 Å². The quantitative estimate of drug-likeness (QED) is 0.521. The molecule has 11 heavy (non-hydrogen) atoms. The van der Waals surface area contributed by atoms with E-state index in [2.05, 4.69) is 0 Å². The van der Waals surface area contributed by atoms with Gasteiger partial charge in [0.1, 0.15) is 11.4 Å². The second-order valence-corrected chi connectivity index (χ2v) is 6.25. The summed E-state index contributed by atoms with van der Waals surface area (Å²) in [6.07, 6.45) is 0. The third-order valence-electron chi connectivity index (χ3n) is 1.07. The third-order valence-corrected chi connectivity index (χ3v) is 5.14. The molecule has 1 amide bonds. The lowest BCUT2D eigenvalue weighted by molar-refractivity contribution is -0.119. The zero-order valence-corrected chi connectivity index (χ0v) is 8.58. The van der Waals surface area contributed by atoms with E-state index < -0.39 is 25.3 Å². The third kappa shape index (κ3) is 1.30. The molecule has 0 aliphatic carbocycles.